The molecule has 0 unspecified atom stereocenters. The van der Waals surface area contributed by atoms with Gasteiger partial charge in [-0.25, -0.2) is 0 Å². The number of aromatic amines is 1. The number of carbonyl (C=O) groups excluding carboxylic acids is 1. The maximum atomic E-state index is 13.2. The van der Waals surface area contributed by atoms with E-state index in [1.54, 1.807) is 18.2 Å². The Morgan fingerprint density at radius 3 is 2.73 bits per heavy atom. The van der Waals surface area contributed by atoms with Crippen LogP contribution in [0.5, 0.6) is 11.5 Å². The van der Waals surface area contributed by atoms with Crippen molar-refractivity contribution in [2.45, 2.75) is 12.8 Å². The van der Waals surface area contributed by atoms with E-state index in [0.717, 1.165) is 60.2 Å². The fourth-order valence-electron chi connectivity index (χ4n) is 4.47. The van der Waals surface area contributed by atoms with Crippen LogP contribution in [0.1, 0.15) is 28.0 Å². The Morgan fingerprint density at radius 1 is 1.10 bits per heavy atom. The van der Waals surface area contributed by atoms with Gasteiger partial charge in [-0.05, 0) is 60.4 Å². The van der Waals surface area contributed by atoms with E-state index >= 15 is 0 Å². The first-order valence-electron chi connectivity index (χ1n) is 10.4. The van der Waals surface area contributed by atoms with Gasteiger partial charge in [0.15, 0.2) is 11.5 Å². The summed E-state index contributed by atoms with van der Waals surface area (Å²) < 4.78 is 5.18. The number of benzene rings is 2. The van der Waals surface area contributed by atoms with Crippen molar-refractivity contribution in [3.63, 3.8) is 0 Å². The summed E-state index contributed by atoms with van der Waals surface area (Å²) in [6, 6.07) is 11.6. The van der Waals surface area contributed by atoms with Crippen molar-refractivity contribution >= 4 is 28.4 Å². The smallest absolute Gasteiger partial charge is 0.205 e. The number of allylic oxidation sites excluding steroid dienone is 1. The van der Waals surface area contributed by atoms with Gasteiger partial charge in [0.1, 0.15) is 0 Å². The largest absolute Gasteiger partial charge is 0.504 e. The summed E-state index contributed by atoms with van der Waals surface area (Å²) in [5, 5.41) is 14.3. The number of hydrogen-bond acceptors (Lipinski definition) is 5. The normalized spacial score (nSPS) is 18.1. The molecule has 30 heavy (non-hydrogen) atoms. The lowest BCUT2D eigenvalue weighted by molar-refractivity contribution is 0.102. The molecule has 6 nitrogen and oxygen atoms in total. The van der Waals surface area contributed by atoms with Crippen molar-refractivity contribution in [1.82, 2.24) is 10.3 Å². The Bertz CT molecular complexity index is 1160. The number of phenols is 1. The van der Waals surface area contributed by atoms with E-state index < -0.39 is 0 Å². The van der Waals surface area contributed by atoms with Gasteiger partial charge in [-0.1, -0.05) is 6.07 Å². The average Bonchev–Trinajstić information content (AvgIpc) is 3.16. The van der Waals surface area contributed by atoms with Crippen molar-refractivity contribution in [2.75, 3.05) is 38.2 Å². The van der Waals surface area contributed by atoms with E-state index in [-0.39, 0.29) is 11.5 Å². The first-order valence-corrected chi connectivity index (χ1v) is 10.4. The van der Waals surface area contributed by atoms with E-state index in [2.05, 4.69) is 33.4 Å². The van der Waals surface area contributed by atoms with E-state index in [0.29, 0.717) is 17.9 Å². The number of carbonyl (C=O) groups is 1. The zero-order valence-corrected chi connectivity index (χ0v) is 17.0. The lowest BCUT2D eigenvalue weighted by Gasteiger charge is -2.29. The van der Waals surface area contributed by atoms with Crippen LogP contribution in [0.4, 0.5) is 5.69 Å². The third-order valence-electron chi connectivity index (χ3n) is 6.08. The number of methoxy groups -OCH3 is 1. The number of ketones is 1. The molecule has 2 heterocycles. The first-order chi connectivity index (χ1) is 14.6. The van der Waals surface area contributed by atoms with Gasteiger partial charge in [0.2, 0.25) is 5.78 Å². The van der Waals surface area contributed by atoms with E-state index in [4.69, 9.17) is 4.74 Å². The number of rotatable bonds is 3. The fraction of sp³-hybridized carbons (Fsp3) is 0.292. The van der Waals surface area contributed by atoms with Crippen molar-refractivity contribution < 1.29 is 14.6 Å². The Balaban J connectivity index is 1.49. The number of Topliss-reactive ketones (excluding diaryl/α,β-unsaturated/α-hetero) is 1. The highest BCUT2D eigenvalue weighted by Crippen LogP contribution is 2.35. The van der Waals surface area contributed by atoms with Crippen LogP contribution in [0.15, 0.2) is 42.0 Å². The van der Waals surface area contributed by atoms with Gasteiger partial charge in [-0.2, -0.15) is 0 Å². The van der Waals surface area contributed by atoms with Crippen molar-refractivity contribution in [3.05, 3.63) is 58.8 Å². The second-order valence-electron chi connectivity index (χ2n) is 7.88. The summed E-state index contributed by atoms with van der Waals surface area (Å²) in [6.45, 7) is 4.00. The van der Waals surface area contributed by atoms with Crippen LogP contribution in [-0.4, -0.2) is 49.2 Å². The molecular weight excluding hydrogens is 378 g/mol. The number of anilines is 1. The quantitative estimate of drug-likeness (QED) is 0.584. The van der Waals surface area contributed by atoms with Crippen molar-refractivity contribution in [2.24, 2.45) is 0 Å². The van der Waals surface area contributed by atoms with Crippen LogP contribution in [0, 0.1) is 0 Å². The molecular formula is C24H25N3O3. The second kappa shape index (κ2) is 7.54. The molecule has 0 bridgehead atoms. The molecule has 3 N–H and O–H groups in total. The number of fused-ring (bicyclic) bond motifs is 3. The minimum atomic E-state index is 0.0446. The van der Waals surface area contributed by atoms with Gasteiger partial charge in [0.05, 0.1) is 12.8 Å². The number of aryl methyl sites for hydroxylation is 1. The molecule has 3 aromatic rings. The highest BCUT2D eigenvalue weighted by atomic mass is 16.5. The van der Waals surface area contributed by atoms with E-state index in [1.165, 1.54) is 12.8 Å². The number of ether oxygens (including phenoxy) is 1. The lowest BCUT2D eigenvalue weighted by Crippen LogP contribution is -2.43. The summed E-state index contributed by atoms with van der Waals surface area (Å²) in [5.74, 6) is 0.537. The molecule has 0 saturated carbocycles. The third-order valence-corrected chi connectivity index (χ3v) is 6.08. The zero-order chi connectivity index (χ0) is 20.7. The predicted molar refractivity (Wildman–Crippen MR) is 119 cm³/mol. The van der Waals surface area contributed by atoms with Crippen LogP contribution in [-0.2, 0) is 6.42 Å². The molecule has 1 saturated heterocycles. The Kier molecular flexibility index (Phi) is 4.71. The molecule has 5 rings (SSSR count). The standard InChI is InChI=1S/C24H25N3O3/c1-30-22-13-15(2-7-21(22)28)12-16-3-5-18-19-14-17(27-10-8-25-9-11-27)4-6-20(19)26-23(18)24(16)29/h2,4,6-7,12-14,25-26,28H,3,5,8-11H2,1H3/b16-12+. The SMILES string of the molecule is COc1cc(/C=C2\CCc3c([nH]c4ccc(N5CCNCC5)cc34)C2=O)ccc1O. The molecule has 0 spiro atoms. The molecule has 0 radical (unpaired) electrons. The van der Waals surface area contributed by atoms with Crippen molar-refractivity contribution in [3.8, 4) is 11.5 Å². The van der Waals surface area contributed by atoms with Gasteiger partial charge in [-0.15, -0.1) is 0 Å². The van der Waals surface area contributed by atoms with Gasteiger partial charge in [0, 0.05) is 48.3 Å². The molecule has 154 valence electrons. The van der Waals surface area contributed by atoms with Crippen LogP contribution in [0.3, 0.4) is 0 Å². The van der Waals surface area contributed by atoms with Crippen LogP contribution >= 0.6 is 0 Å². The fourth-order valence-corrected chi connectivity index (χ4v) is 4.47. The molecule has 2 aromatic carbocycles. The number of phenolic OH excluding ortho intramolecular Hbond substituents is 1. The summed E-state index contributed by atoms with van der Waals surface area (Å²) in [5.41, 5.74) is 5.66. The Hall–Kier alpha value is -3.25. The number of hydrogen-bond donors (Lipinski definition) is 3. The number of aromatic nitrogens is 1. The van der Waals surface area contributed by atoms with Gasteiger partial charge >= 0.3 is 0 Å². The molecule has 2 aliphatic rings. The molecule has 1 aromatic heterocycles. The Morgan fingerprint density at radius 2 is 1.93 bits per heavy atom. The molecule has 1 aliphatic heterocycles. The summed E-state index contributed by atoms with van der Waals surface area (Å²) in [6.07, 6.45) is 3.41. The topological polar surface area (TPSA) is 77.6 Å². The lowest BCUT2D eigenvalue weighted by atomic mass is 9.89. The molecule has 1 aliphatic carbocycles. The zero-order valence-electron chi connectivity index (χ0n) is 17.0. The molecule has 0 amide bonds. The number of nitrogens with zero attached hydrogens (tertiary/aromatic N) is 1. The predicted octanol–water partition coefficient (Wildman–Crippen LogP) is 3.50. The number of piperazine rings is 1. The van der Waals surface area contributed by atoms with E-state index in [1.807, 2.05) is 6.08 Å². The van der Waals surface area contributed by atoms with Crippen LogP contribution < -0.4 is 15.0 Å². The summed E-state index contributed by atoms with van der Waals surface area (Å²) in [4.78, 5) is 18.9. The van der Waals surface area contributed by atoms with Gasteiger partial charge < -0.3 is 25.0 Å². The molecule has 1 fully saturated rings. The molecule has 6 heteroatoms. The Labute approximate surface area is 175 Å². The van der Waals surface area contributed by atoms with Gasteiger partial charge in [-0.3, -0.25) is 4.79 Å². The minimum absolute atomic E-state index is 0.0446. The van der Waals surface area contributed by atoms with Crippen molar-refractivity contribution in [1.29, 1.82) is 0 Å². The van der Waals surface area contributed by atoms with Crippen LogP contribution in [0.2, 0.25) is 0 Å². The second-order valence-corrected chi connectivity index (χ2v) is 7.88. The maximum Gasteiger partial charge on any atom is 0.205 e. The number of nitrogens with one attached hydrogen (secondary N) is 2. The average molecular weight is 403 g/mol. The number of aromatic hydroxyl groups is 1. The monoisotopic (exact) mass is 403 g/mol. The number of H-pyrrole nitrogens is 1. The first kappa shape index (κ1) is 18.8. The molecule has 0 atom stereocenters. The van der Waals surface area contributed by atoms with Crippen LogP contribution in [0.25, 0.3) is 17.0 Å². The highest BCUT2D eigenvalue weighted by Gasteiger charge is 2.26. The highest BCUT2D eigenvalue weighted by molar-refractivity contribution is 6.15. The maximum absolute atomic E-state index is 13.2. The minimum Gasteiger partial charge on any atom is -0.504 e. The third kappa shape index (κ3) is 3.23. The summed E-state index contributed by atoms with van der Waals surface area (Å²) in [7, 11) is 1.52. The summed E-state index contributed by atoms with van der Waals surface area (Å²) >= 11 is 0. The van der Waals surface area contributed by atoms with E-state index in [9.17, 15) is 9.90 Å². The van der Waals surface area contributed by atoms with Gasteiger partial charge in [0.25, 0.3) is 0 Å².